The van der Waals surface area contributed by atoms with Gasteiger partial charge in [-0.2, -0.15) is 0 Å². The minimum absolute atomic E-state index is 0.0601. The average Bonchev–Trinajstić information content (AvgIpc) is 2.87. The molecule has 6 heteroatoms. The monoisotopic (exact) mass is 321 g/mol. The van der Waals surface area contributed by atoms with Crippen molar-refractivity contribution < 1.29 is 24.2 Å². The molecule has 1 unspecified atom stereocenters. The molecule has 1 heterocycles. The maximum Gasteiger partial charge on any atom is 0.308 e. The van der Waals surface area contributed by atoms with Crippen LogP contribution in [0.2, 0.25) is 0 Å². The molecule has 2 rings (SSSR count). The second-order valence-corrected chi connectivity index (χ2v) is 5.98. The highest BCUT2D eigenvalue weighted by atomic mass is 16.5. The van der Waals surface area contributed by atoms with Crippen molar-refractivity contribution in [2.45, 2.75) is 32.8 Å². The number of hydrogen-bond acceptors (Lipinski definition) is 4. The predicted octanol–water partition coefficient (Wildman–Crippen LogP) is 1.96. The summed E-state index contributed by atoms with van der Waals surface area (Å²) in [6.07, 6.45) is 0.806. The molecule has 0 aromatic heterocycles. The Bertz CT molecular complexity index is 584. The second-order valence-electron chi connectivity index (χ2n) is 5.98. The molecule has 1 aliphatic heterocycles. The van der Waals surface area contributed by atoms with Crippen molar-refractivity contribution in [1.82, 2.24) is 4.90 Å². The average molecular weight is 321 g/mol. The molecular formula is C17H23NO5. The molecule has 1 fully saturated rings. The molecule has 1 atom stereocenters. The second kappa shape index (κ2) is 7.35. The standard InChI is InChI=1S/C17H23NO5/c1-11(2)23-14-5-4-12(8-15(14)22-3)6-7-18-10-13(17(20)21)9-16(18)19/h4-5,8,11,13H,6-7,9-10H2,1-3H3,(H,20,21). The summed E-state index contributed by atoms with van der Waals surface area (Å²) in [4.78, 5) is 24.4. The first-order valence-corrected chi connectivity index (χ1v) is 7.75. The highest BCUT2D eigenvalue weighted by molar-refractivity contribution is 5.86. The van der Waals surface area contributed by atoms with Crippen molar-refractivity contribution >= 4 is 11.9 Å². The smallest absolute Gasteiger partial charge is 0.308 e. The van der Waals surface area contributed by atoms with Crippen LogP contribution in [0.15, 0.2) is 18.2 Å². The van der Waals surface area contributed by atoms with E-state index in [9.17, 15) is 9.59 Å². The van der Waals surface area contributed by atoms with Gasteiger partial charge in [0.25, 0.3) is 0 Å². The van der Waals surface area contributed by atoms with E-state index in [1.54, 1.807) is 12.0 Å². The Morgan fingerprint density at radius 2 is 2.13 bits per heavy atom. The predicted molar refractivity (Wildman–Crippen MR) is 84.8 cm³/mol. The van der Waals surface area contributed by atoms with E-state index in [-0.39, 0.29) is 18.4 Å². The third-order valence-corrected chi connectivity index (χ3v) is 3.82. The lowest BCUT2D eigenvalue weighted by atomic mass is 10.1. The highest BCUT2D eigenvalue weighted by Gasteiger charge is 2.33. The number of nitrogens with zero attached hydrogens (tertiary/aromatic N) is 1. The van der Waals surface area contributed by atoms with Crippen molar-refractivity contribution in [2.75, 3.05) is 20.2 Å². The molecular weight excluding hydrogens is 298 g/mol. The molecule has 1 aromatic rings. The van der Waals surface area contributed by atoms with E-state index < -0.39 is 11.9 Å². The first-order chi connectivity index (χ1) is 10.9. The van der Waals surface area contributed by atoms with Gasteiger partial charge in [-0.3, -0.25) is 9.59 Å². The van der Waals surface area contributed by atoms with Gasteiger partial charge in [0.2, 0.25) is 5.91 Å². The maximum atomic E-state index is 11.8. The molecule has 0 aliphatic carbocycles. The molecule has 1 N–H and O–H groups in total. The van der Waals surface area contributed by atoms with Gasteiger partial charge in [-0.15, -0.1) is 0 Å². The zero-order valence-corrected chi connectivity index (χ0v) is 13.7. The van der Waals surface area contributed by atoms with E-state index in [2.05, 4.69) is 0 Å². The van der Waals surface area contributed by atoms with Crippen molar-refractivity contribution in [3.63, 3.8) is 0 Å². The van der Waals surface area contributed by atoms with Crippen molar-refractivity contribution in [2.24, 2.45) is 5.92 Å². The van der Waals surface area contributed by atoms with Crippen LogP contribution in [0.4, 0.5) is 0 Å². The third-order valence-electron chi connectivity index (χ3n) is 3.82. The van der Waals surface area contributed by atoms with Gasteiger partial charge in [-0.1, -0.05) is 6.07 Å². The largest absolute Gasteiger partial charge is 0.493 e. The van der Waals surface area contributed by atoms with Gasteiger partial charge in [-0.25, -0.2) is 0 Å². The van der Waals surface area contributed by atoms with E-state index in [4.69, 9.17) is 14.6 Å². The first-order valence-electron chi connectivity index (χ1n) is 7.75. The number of benzene rings is 1. The summed E-state index contributed by atoms with van der Waals surface area (Å²) >= 11 is 0. The quantitative estimate of drug-likeness (QED) is 0.831. The molecule has 6 nitrogen and oxygen atoms in total. The lowest BCUT2D eigenvalue weighted by molar-refractivity contribution is -0.141. The fraction of sp³-hybridized carbons (Fsp3) is 0.529. The van der Waals surface area contributed by atoms with Crippen LogP contribution in [0.25, 0.3) is 0 Å². The number of methoxy groups -OCH3 is 1. The topological polar surface area (TPSA) is 76.1 Å². The Morgan fingerprint density at radius 3 is 2.70 bits per heavy atom. The molecule has 0 saturated carbocycles. The summed E-state index contributed by atoms with van der Waals surface area (Å²) in [6, 6.07) is 5.70. The minimum Gasteiger partial charge on any atom is -0.493 e. The van der Waals surface area contributed by atoms with E-state index in [0.717, 1.165) is 5.56 Å². The fourth-order valence-corrected chi connectivity index (χ4v) is 2.64. The zero-order chi connectivity index (χ0) is 17.0. The van der Waals surface area contributed by atoms with Gasteiger partial charge in [0.15, 0.2) is 11.5 Å². The van der Waals surface area contributed by atoms with E-state index in [0.29, 0.717) is 31.0 Å². The number of carboxylic acid groups (broad SMARTS) is 1. The van der Waals surface area contributed by atoms with Gasteiger partial charge in [-0.05, 0) is 38.0 Å². The lowest BCUT2D eigenvalue weighted by Crippen LogP contribution is -2.28. The SMILES string of the molecule is COc1cc(CCN2CC(C(=O)O)CC2=O)ccc1OC(C)C. The molecule has 0 bridgehead atoms. The summed E-state index contributed by atoms with van der Waals surface area (Å²) in [6.45, 7) is 4.70. The molecule has 1 aromatic carbocycles. The Kier molecular flexibility index (Phi) is 5.47. The van der Waals surface area contributed by atoms with E-state index in [1.807, 2.05) is 32.0 Å². The number of hydrogen-bond donors (Lipinski definition) is 1. The van der Waals surface area contributed by atoms with Gasteiger partial charge in [0, 0.05) is 19.5 Å². The number of amides is 1. The molecule has 23 heavy (non-hydrogen) atoms. The Balaban J connectivity index is 1.98. The molecule has 1 saturated heterocycles. The maximum absolute atomic E-state index is 11.8. The number of ether oxygens (including phenoxy) is 2. The molecule has 1 aliphatic rings. The van der Waals surface area contributed by atoms with Crippen molar-refractivity contribution in [3.05, 3.63) is 23.8 Å². The van der Waals surface area contributed by atoms with Crippen LogP contribution in [-0.4, -0.2) is 48.2 Å². The minimum atomic E-state index is -0.905. The fourth-order valence-electron chi connectivity index (χ4n) is 2.64. The highest BCUT2D eigenvalue weighted by Crippen LogP contribution is 2.29. The van der Waals surface area contributed by atoms with E-state index in [1.165, 1.54) is 0 Å². The Morgan fingerprint density at radius 1 is 1.39 bits per heavy atom. The summed E-state index contributed by atoms with van der Waals surface area (Å²) in [5.41, 5.74) is 1.02. The van der Waals surface area contributed by atoms with Gasteiger partial charge < -0.3 is 19.5 Å². The summed E-state index contributed by atoms with van der Waals surface area (Å²) in [7, 11) is 1.59. The Hall–Kier alpha value is -2.24. The van der Waals surface area contributed by atoms with Gasteiger partial charge in [0.1, 0.15) is 0 Å². The van der Waals surface area contributed by atoms with E-state index >= 15 is 0 Å². The van der Waals surface area contributed by atoms with Crippen LogP contribution >= 0.6 is 0 Å². The third kappa shape index (κ3) is 4.37. The number of likely N-dealkylation sites (tertiary alicyclic amines) is 1. The van der Waals surface area contributed by atoms with Crippen molar-refractivity contribution in [1.29, 1.82) is 0 Å². The molecule has 0 radical (unpaired) electrons. The summed E-state index contributed by atoms with van der Waals surface area (Å²) in [5.74, 6) is -0.234. The van der Waals surface area contributed by atoms with Crippen LogP contribution in [0, 0.1) is 5.92 Å². The molecule has 1 amide bonds. The number of carbonyl (C=O) groups is 2. The summed E-state index contributed by atoms with van der Waals surface area (Å²) < 4.78 is 11.0. The van der Waals surface area contributed by atoms with Crippen LogP contribution in [0.3, 0.4) is 0 Å². The molecule has 126 valence electrons. The molecule has 0 spiro atoms. The first kappa shape index (κ1) is 17.1. The van der Waals surface area contributed by atoms with Crippen molar-refractivity contribution in [3.8, 4) is 11.5 Å². The number of carbonyl (C=O) groups excluding carboxylic acids is 1. The van der Waals surface area contributed by atoms with Crippen LogP contribution < -0.4 is 9.47 Å². The number of carboxylic acids is 1. The number of rotatable bonds is 7. The van der Waals surface area contributed by atoms with Gasteiger partial charge in [0.05, 0.1) is 19.1 Å². The summed E-state index contributed by atoms with van der Waals surface area (Å²) in [5, 5.41) is 9.00. The normalized spacial score (nSPS) is 17.7. The Labute approximate surface area is 136 Å². The lowest BCUT2D eigenvalue weighted by Gasteiger charge is -2.17. The zero-order valence-electron chi connectivity index (χ0n) is 13.7. The van der Waals surface area contributed by atoms with Crippen LogP contribution in [0.1, 0.15) is 25.8 Å². The van der Waals surface area contributed by atoms with Crippen LogP contribution in [-0.2, 0) is 16.0 Å². The number of aliphatic carboxylic acids is 1. The van der Waals surface area contributed by atoms with Crippen LogP contribution in [0.5, 0.6) is 11.5 Å². The van der Waals surface area contributed by atoms with Gasteiger partial charge >= 0.3 is 5.97 Å².